The van der Waals surface area contributed by atoms with Crippen molar-refractivity contribution in [1.82, 2.24) is 4.90 Å². The van der Waals surface area contributed by atoms with E-state index >= 15 is 0 Å². The Morgan fingerprint density at radius 2 is 2.05 bits per heavy atom. The quantitative estimate of drug-likeness (QED) is 0.884. The van der Waals surface area contributed by atoms with Crippen LogP contribution in [0.2, 0.25) is 0 Å². The van der Waals surface area contributed by atoms with Gasteiger partial charge in [-0.05, 0) is 12.0 Å². The van der Waals surface area contributed by atoms with Gasteiger partial charge in [0.2, 0.25) is 0 Å². The number of benzene rings is 1. The number of rotatable bonds is 5. The molecule has 1 heterocycles. The SMILES string of the molecule is CCCC1OC(=O)N(Cc2ccccc2)C1C(=O)O. The molecule has 1 amide bonds. The third-order valence-corrected chi connectivity index (χ3v) is 3.20. The van der Waals surface area contributed by atoms with Gasteiger partial charge in [0, 0.05) is 0 Å². The zero-order valence-electron chi connectivity index (χ0n) is 10.8. The Labute approximate surface area is 111 Å². The van der Waals surface area contributed by atoms with Crippen molar-refractivity contribution in [2.45, 2.75) is 38.5 Å². The molecule has 0 spiro atoms. The Hall–Kier alpha value is -2.04. The highest BCUT2D eigenvalue weighted by atomic mass is 16.6. The van der Waals surface area contributed by atoms with Crippen LogP contribution in [0, 0.1) is 0 Å². The minimum absolute atomic E-state index is 0.261. The molecule has 0 aliphatic carbocycles. The standard InChI is InChI=1S/C14H17NO4/c1-2-6-11-12(13(16)17)15(14(18)19-11)9-10-7-4-3-5-8-10/h3-5,7-8,11-12H,2,6,9H2,1H3,(H,16,17). The molecule has 0 saturated carbocycles. The molecule has 5 heteroatoms. The first-order chi connectivity index (χ1) is 9.13. The number of amides is 1. The summed E-state index contributed by atoms with van der Waals surface area (Å²) in [6.07, 6.45) is 0.239. The van der Waals surface area contributed by atoms with Crippen molar-refractivity contribution in [1.29, 1.82) is 0 Å². The summed E-state index contributed by atoms with van der Waals surface area (Å²) in [5, 5.41) is 9.30. The molecular formula is C14H17NO4. The highest BCUT2D eigenvalue weighted by Gasteiger charge is 2.45. The highest BCUT2D eigenvalue weighted by molar-refractivity contribution is 5.83. The molecule has 5 nitrogen and oxygen atoms in total. The number of hydrogen-bond donors (Lipinski definition) is 1. The molecule has 1 fully saturated rings. The molecular weight excluding hydrogens is 246 g/mol. The monoisotopic (exact) mass is 263 g/mol. The van der Waals surface area contributed by atoms with Crippen LogP contribution in [0.15, 0.2) is 30.3 Å². The number of carbonyl (C=O) groups excluding carboxylic acids is 1. The largest absolute Gasteiger partial charge is 0.480 e. The van der Waals surface area contributed by atoms with Crippen molar-refractivity contribution in [3.05, 3.63) is 35.9 Å². The van der Waals surface area contributed by atoms with Crippen LogP contribution >= 0.6 is 0 Å². The van der Waals surface area contributed by atoms with Crippen LogP contribution in [0.5, 0.6) is 0 Å². The molecule has 1 aliphatic rings. The molecule has 0 radical (unpaired) electrons. The van der Waals surface area contributed by atoms with Crippen molar-refractivity contribution >= 4 is 12.1 Å². The summed E-state index contributed by atoms with van der Waals surface area (Å²) >= 11 is 0. The van der Waals surface area contributed by atoms with Gasteiger partial charge in [-0.2, -0.15) is 0 Å². The van der Waals surface area contributed by atoms with Gasteiger partial charge >= 0.3 is 12.1 Å². The smallest absolute Gasteiger partial charge is 0.411 e. The van der Waals surface area contributed by atoms with E-state index in [0.717, 1.165) is 12.0 Å². The van der Waals surface area contributed by atoms with E-state index < -0.39 is 24.2 Å². The maximum Gasteiger partial charge on any atom is 0.411 e. The minimum Gasteiger partial charge on any atom is -0.480 e. The van der Waals surface area contributed by atoms with E-state index in [4.69, 9.17) is 4.74 Å². The number of ether oxygens (including phenoxy) is 1. The van der Waals surface area contributed by atoms with Gasteiger partial charge in [0.05, 0.1) is 6.54 Å². The number of aliphatic carboxylic acids is 1. The normalized spacial score (nSPS) is 22.4. The van der Waals surface area contributed by atoms with Crippen LogP contribution in [0.3, 0.4) is 0 Å². The number of hydrogen-bond acceptors (Lipinski definition) is 3. The molecule has 1 aromatic rings. The molecule has 0 bridgehead atoms. The van der Waals surface area contributed by atoms with Crippen LogP contribution in [0.4, 0.5) is 4.79 Å². The molecule has 2 atom stereocenters. The van der Waals surface area contributed by atoms with E-state index in [0.29, 0.717) is 6.42 Å². The summed E-state index contributed by atoms with van der Waals surface area (Å²) in [6, 6.07) is 8.41. The number of carbonyl (C=O) groups is 2. The summed E-state index contributed by atoms with van der Waals surface area (Å²) < 4.78 is 5.17. The Morgan fingerprint density at radius 1 is 1.37 bits per heavy atom. The Kier molecular flexibility index (Phi) is 4.04. The second-order valence-electron chi connectivity index (χ2n) is 4.61. The van der Waals surface area contributed by atoms with Crippen molar-refractivity contribution in [3.8, 4) is 0 Å². The summed E-state index contributed by atoms with van der Waals surface area (Å²) in [6.45, 7) is 2.20. The van der Waals surface area contributed by atoms with Gasteiger partial charge in [0.1, 0.15) is 6.10 Å². The number of carboxylic acids is 1. The van der Waals surface area contributed by atoms with Crippen LogP contribution in [-0.4, -0.2) is 34.2 Å². The second-order valence-corrected chi connectivity index (χ2v) is 4.61. The average Bonchev–Trinajstić information content (AvgIpc) is 2.68. The first kappa shape index (κ1) is 13.4. The van der Waals surface area contributed by atoms with Gasteiger partial charge in [0.25, 0.3) is 0 Å². The zero-order valence-corrected chi connectivity index (χ0v) is 10.8. The lowest BCUT2D eigenvalue weighted by Crippen LogP contribution is -2.42. The fourth-order valence-corrected chi connectivity index (χ4v) is 2.31. The maximum absolute atomic E-state index is 11.8. The number of cyclic esters (lactones) is 1. The zero-order chi connectivity index (χ0) is 13.8. The lowest BCUT2D eigenvalue weighted by atomic mass is 10.1. The van der Waals surface area contributed by atoms with E-state index in [9.17, 15) is 14.7 Å². The third-order valence-electron chi connectivity index (χ3n) is 3.20. The van der Waals surface area contributed by atoms with Crippen LogP contribution in [0.25, 0.3) is 0 Å². The fraction of sp³-hybridized carbons (Fsp3) is 0.429. The van der Waals surface area contributed by atoms with E-state index in [1.807, 2.05) is 37.3 Å². The lowest BCUT2D eigenvalue weighted by molar-refractivity contribution is -0.143. The second kappa shape index (κ2) is 5.73. The van der Waals surface area contributed by atoms with Gasteiger partial charge in [-0.25, -0.2) is 9.59 Å². The predicted molar refractivity (Wildman–Crippen MR) is 68.6 cm³/mol. The lowest BCUT2D eigenvalue weighted by Gasteiger charge is -2.20. The van der Waals surface area contributed by atoms with Crippen LogP contribution < -0.4 is 0 Å². The van der Waals surface area contributed by atoms with Crippen molar-refractivity contribution in [2.75, 3.05) is 0 Å². The number of carboxylic acid groups (broad SMARTS) is 1. The average molecular weight is 263 g/mol. The van der Waals surface area contributed by atoms with Crippen LogP contribution in [-0.2, 0) is 16.1 Å². The highest BCUT2D eigenvalue weighted by Crippen LogP contribution is 2.25. The number of nitrogens with zero attached hydrogens (tertiary/aromatic N) is 1. The molecule has 0 aromatic heterocycles. The molecule has 2 unspecified atom stereocenters. The summed E-state index contributed by atoms with van der Waals surface area (Å²) in [7, 11) is 0. The Bertz CT molecular complexity index is 460. The predicted octanol–water partition coefficient (Wildman–Crippen LogP) is 2.26. The molecule has 1 aromatic carbocycles. The minimum atomic E-state index is -1.01. The van der Waals surface area contributed by atoms with Gasteiger partial charge < -0.3 is 9.84 Å². The maximum atomic E-state index is 11.8. The van der Waals surface area contributed by atoms with E-state index in [-0.39, 0.29) is 6.54 Å². The van der Waals surface area contributed by atoms with Crippen LogP contribution in [0.1, 0.15) is 25.3 Å². The molecule has 1 saturated heterocycles. The van der Waals surface area contributed by atoms with Gasteiger partial charge in [0.15, 0.2) is 6.04 Å². The summed E-state index contributed by atoms with van der Waals surface area (Å²) in [5.74, 6) is -1.01. The topological polar surface area (TPSA) is 66.8 Å². The van der Waals surface area contributed by atoms with Crippen molar-refractivity contribution < 1.29 is 19.4 Å². The van der Waals surface area contributed by atoms with E-state index in [2.05, 4.69) is 0 Å². The van der Waals surface area contributed by atoms with E-state index in [1.54, 1.807) is 0 Å². The molecule has 1 aliphatic heterocycles. The fourth-order valence-electron chi connectivity index (χ4n) is 2.31. The van der Waals surface area contributed by atoms with Crippen molar-refractivity contribution in [3.63, 3.8) is 0 Å². The molecule has 102 valence electrons. The van der Waals surface area contributed by atoms with Gasteiger partial charge in [-0.1, -0.05) is 43.7 Å². The molecule has 19 heavy (non-hydrogen) atoms. The summed E-state index contributed by atoms with van der Waals surface area (Å²) in [5.41, 5.74) is 0.892. The third kappa shape index (κ3) is 2.86. The van der Waals surface area contributed by atoms with Gasteiger partial charge in [-0.3, -0.25) is 4.90 Å². The molecule has 1 N–H and O–H groups in total. The Balaban J connectivity index is 2.17. The molecule has 2 rings (SSSR count). The first-order valence-electron chi connectivity index (χ1n) is 6.37. The Morgan fingerprint density at radius 3 is 2.63 bits per heavy atom. The van der Waals surface area contributed by atoms with Gasteiger partial charge in [-0.15, -0.1) is 0 Å². The first-order valence-corrected chi connectivity index (χ1v) is 6.37. The summed E-state index contributed by atoms with van der Waals surface area (Å²) in [4.78, 5) is 24.5. The van der Waals surface area contributed by atoms with E-state index in [1.165, 1.54) is 4.90 Å². The van der Waals surface area contributed by atoms with Crippen molar-refractivity contribution in [2.24, 2.45) is 0 Å².